The number of likely N-dealkylation sites (tertiary alicyclic amines) is 1. The van der Waals surface area contributed by atoms with Crippen LogP contribution in [0.3, 0.4) is 0 Å². The fraction of sp³-hybridized carbons (Fsp3) is 0.714. The third-order valence-electron chi connectivity index (χ3n) is 5.17. The quantitative estimate of drug-likeness (QED) is 0.346. The van der Waals surface area contributed by atoms with Gasteiger partial charge >= 0.3 is 0 Å². The Balaban J connectivity index is 1.69. The van der Waals surface area contributed by atoms with Crippen molar-refractivity contribution in [1.29, 1.82) is 0 Å². The number of carbonyl (C=O) groups is 1. The first-order chi connectivity index (χ1) is 13.6. The van der Waals surface area contributed by atoms with E-state index >= 15 is 0 Å². The van der Waals surface area contributed by atoms with Crippen LogP contribution in [-0.2, 0) is 11.2 Å². The van der Waals surface area contributed by atoms with Crippen molar-refractivity contribution in [3.8, 4) is 11.8 Å². The van der Waals surface area contributed by atoms with Gasteiger partial charge in [-0.1, -0.05) is 38.8 Å². The summed E-state index contributed by atoms with van der Waals surface area (Å²) in [6.45, 7) is 4.81. The predicted molar refractivity (Wildman–Crippen MR) is 108 cm³/mol. The van der Waals surface area contributed by atoms with E-state index in [1.165, 1.54) is 0 Å². The molecule has 0 radical (unpaired) electrons. The molecule has 1 aliphatic heterocycles. The minimum absolute atomic E-state index is 0.0976. The van der Waals surface area contributed by atoms with Crippen molar-refractivity contribution in [2.24, 2.45) is 5.92 Å². The number of unbranched alkanes of at least 4 members (excludes halogenated alkanes) is 3. The summed E-state index contributed by atoms with van der Waals surface area (Å²) in [4.78, 5) is 14.2. The summed E-state index contributed by atoms with van der Waals surface area (Å²) >= 11 is 0. The Hall–Kier alpha value is -2.20. The summed E-state index contributed by atoms with van der Waals surface area (Å²) < 4.78 is 0. The monoisotopic (exact) mass is 387 g/mol. The average molecular weight is 388 g/mol. The molecule has 28 heavy (non-hydrogen) atoms. The number of rotatable bonds is 11. The van der Waals surface area contributed by atoms with Crippen molar-refractivity contribution in [2.75, 3.05) is 6.54 Å². The molecule has 1 amide bonds. The molecule has 7 heteroatoms. The van der Waals surface area contributed by atoms with Crippen LogP contribution in [0.25, 0.3) is 0 Å². The van der Waals surface area contributed by atoms with Crippen LogP contribution in [0.4, 0.5) is 0 Å². The first-order valence-corrected chi connectivity index (χ1v) is 10.5. The number of aromatic amines is 1. The smallest absolute Gasteiger partial charge is 0.223 e. The molecule has 1 aromatic heterocycles. The number of nitrogens with zero attached hydrogens (tertiary/aromatic N) is 4. The maximum absolute atomic E-state index is 12.2. The van der Waals surface area contributed by atoms with E-state index in [0.29, 0.717) is 12.8 Å². The second kappa shape index (κ2) is 12.3. The second-order valence-electron chi connectivity index (χ2n) is 7.47. The van der Waals surface area contributed by atoms with E-state index in [0.717, 1.165) is 57.3 Å². The zero-order valence-corrected chi connectivity index (χ0v) is 17.1. The Labute approximate surface area is 168 Å². The van der Waals surface area contributed by atoms with E-state index in [9.17, 15) is 9.90 Å². The van der Waals surface area contributed by atoms with Crippen LogP contribution in [0.1, 0.15) is 71.0 Å². The zero-order valence-electron chi connectivity index (χ0n) is 17.1. The van der Waals surface area contributed by atoms with Gasteiger partial charge in [0.2, 0.25) is 5.91 Å². The van der Waals surface area contributed by atoms with E-state index in [1.54, 1.807) is 0 Å². The third kappa shape index (κ3) is 7.43. The van der Waals surface area contributed by atoms with E-state index in [-0.39, 0.29) is 17.9 Å². The van der Waals surface area contributed by atoms with Crippen molar-refractivity contribution >= 4 is 5.91 Å². The molecule has 2 N–H and O–H groups in total. The molecule has 1 aliphatic rings. The first-order valence-electron chi connectivity index (χ1n) is 10.5. The summed E-state index contributed by atoms with van der Waals surface area (Å²) in [5, 5.41) is 24.1. The molecule has 0 aliphatic carbocycles. The lowest BCUT2D eigenvalue weighted by atomic mass is 10.00. The summed E-state index contributed by atoms with van der Waals surface area (Å²) in [5.41, 5.74) is 0. The van der Waals surface area contributed by atoms with Crippen molar-refractivity contribution in [1.82, 2.24) is 25.5 Å². The van der Waals surface area contributed by atoms with Gasteiger partial charge in [0, 0.05) is 32.2 Å². The Morgan fingerprint density at radius 3 is 2.89 bits per heavy atom. The topological polar surface area (TPSA) is 95.0 Å². The molecule has 154 valence electrons. The number of nitrogens with one attached hydrogen (secondary N) is 1. The molecule has 1 saturated heterocycles. The van der Waals surface area contributed by atoms with Gasteiger partial charge < -0.3 is 10.0 Å². The van der Waals surface area contributed by atoms with E-state index in [4.69, 9.17) is 0 Å². The van der Waals surface area contributed by atoms with Gasteiger partial charge in [-0.05, 0) is 35.6 Å². The maximum atomic E-state index is 12.2. The van der Waals surface area contributed by atoms with Gasteiger partial charge in [-0.2, -0.15) is 0 Å². The zero-order chi connectivity index (χ0) is 20.2. The Bertz CT molecular complexity index is 662. The highest BCUT2D eigenvalue weighted by Crippen LogP contribution is 2.21. The van der Waals surface area contributed by atoms with Gasteiger partial charge in [0.05, 0.1) is 12.1 Å². The molecule has 2 heterocycles. The predicted octanol–water partition coefficient (Wildman–Crippen LogP) is 2.65. The molecule has 0 spiro atoms. The Morgan fingerprint density at radius 2 is 2.14 bits per heavy atom. The second-order valence-corrected chi connectivity index (χ2v) is 7.47. The molecule has 3 atom stereocenters. The van der Waals surface area contributed by atoms with Crippen molar-refractivity contribution < 1.29 is 9.90 Å². The normalized spacial score (nSPS) is 19.0. The summed E-state index contributed by atoms with van der Waals surface area (Å²) in [6.07, 6.45) is 11.4. The third-order valence-corrected chi connectivity index (χ3v) is 5.17. The van der Waals surface area contributed by atoms with Gasteiger partial charge in [0.25, 0.3) is 0 Å². The highest BCUT2D eigenvalue weighted by atomic mass is 16.3. The molecule has 2 rings (SSSR count). The standard InChI is InChI=1S/C21H33N5O2/c1-3-4-7-10-17(2)19(27)14-12-18-13-15-21(28)26(18)16-9-6-5-8-11-20-22-24-25-23-20/h12,14,17-19,27H,3,5-6,8-11,13,15-16H2,1-2H3,(H,22,23,24,25)/b14-12+/t17-,18?,19+/m0/s1. The maximum Gasteiger partial charge on any atom is 0.223 e. The molecular weight excluding hydrogens is 354 g/mol. The SMILES string of the molecule is CCC#CC[C@H](C)[C@H](O)/C=C/C1CCC(=O)N1CCCCCCc1nnn[nH]1. The number of H-pyrrole nitrogens is 1. The van der Waals surface area contributed by atoms with Crippen molar-refractivity contribution in [3.63, 3.8) is 0 Å². The Morgan fingerprint density at radius 1 is 1.32 bits per heavy atom. The van der Waals surface area contributed by atoms with Crippen LogP contribution < -0.4 is 0 Å². The fourth-order valence-electron chi connectivity index (χ4n) is 3.37. The van der Waals surface area contributed by atoms with Crippen LogP contribution in [0.2, 0.25) is 0 Å². The van der Waals surface area contributed by atoms with Gasteiger partial charge in [-0.3, -0.25) is 4.79 Å². The Kier molecular flexibility index (Phi) is 9.70. The summed E-state index contributed by atoms with van der Waals surface area (Å²) in [6, 6.07) is 0.108. The highest BCUT2D eigenvalue weighted by molar-refractivity contribution is 5.79. The summed E-state index contributed by atoms with van der Waals surface area (Å²) in [7, 11) is 0. The molecule has 7 nitrogen and oxygen atoms in total. The van der Waals surface area contributed by atoms with E-state index in [2.05, 4.69) is 32.5 Å². The van der Waals surface area contributed by atoms with Crippen molar-refractivity contribution in [2.45, 2.75) is 83.8 Å². The number of hydrogen-bond acceptors (Lipinski definition) is 5. The minimum Gasteiger partial charge on any atom is -0.389 e. The van der Waals surface area contributed by atoms with Crippen LogP contribution >= 0.6 is 0 Å². The fourth-order valence-corrected chi connectivity index (χ4v) is 3.37. The van der Waals surface area contributed by atoms with Gasteiger partial charge in [-0.15, -0.1) is 16.9 Å². The van der Waals surface area contributed by atoms with Crippen molar-refractivity contribution in [3.05, 3.63) is 18.0 Å². The number of aryl methyl sites for hydroxylation is 1. The number of aliphatic hydroxyl groups excluding tert-OH is 1. The minimum atomic E-state index is -0.519. The largest absolute Gasteiger partial charge is 0.389 e. The molecule has 0 saturated carbocycles. The molecule has 0 bridgehead atoms. The highest BCUT2D eigenvalue weighted by Gasteiger charge is 2.28. The van der Waals surface area contributed by atoms with Gasteiger partial charge in [0.1, 0.15) is 5.82 Å². The van der Waals surface area contributed by atoms with Crippen LogP contribution in [0.15, 0.2) is 12.2 Å². The van der Waals surface area contributed by atoms with Gasteiger partial charge in [0.15, 0.2) is 0 Å². The number of hydrogen-bond donors (Lipinski definition) is 2. The number of aliphatic hydroxyl groups is 1. The van der Waals surface area contributed by atoms with Crippen LogP contribution in [0.5, 0.6) is 0 Å². The lowest BCUT2D eigenvalue weighted by Gasteiger charge is -2.23. The molecular formula is C21H33N5O2. The van der Waals surface area contributed by atoms with E-state index < -0.39 is 6.10 Å². The summed E-state index contributed by atoms with van der Waals surface area (Å²) in [5.74, 6) is 7.28. The van der Waals surface area contributed by atoms with E-state index in [1.807, 2.05) is 30.9 Å². The first kappa shape index (κ1) is 22.1. The number of aromatic nitrogens is 4. The van der Waals surface area contributed by atoms with Crippen LogP contribution in [0, 0.1) is 17.8 Å². The number of tetrazole rings is 1. The lowest BCUT2D eigenvalue weighted by Crippen LogP contribution is -2.33. The number of carbonyl (C=O) groups excluding carboxylic acids is 1. The molecule has 1 aromatic rings. The lowest BCUT2D eigenvalue weighted by molar-refractivity contribution is -0.128. The van der Waals surface area contributed by atoms with Crippen LogP contribution in [-0.4, -0.2) is 55.2 Å². The average Bonchev–Trinajstić information content (AvgIpc) is 3.33. The number of amides is 1. The molecule has 1 unspecified atom stereocenters. The molecule has 0 aromatic carbocycles. The van der Waals surface area contributed by atoms with Gasteiger partial charge in [-0.25, -0.2) is 5.10 Å². The molecule has 1 fully saturated rings.